The van der Waals surface area contributed by atoms with Crippen molar-refractivity contribution in [2.24, 2.45) is 0 Å². The molecule has 35 heavy (non-hydrogen) atoms. The van der Waals surface area contributed by atoms with Crippen molar-refractivity contribution in [2.45, 2.75) is 19.3 Å². The number of aromatic amines is 1. The molecule has 7 nitrogen and oxygen atoms in total. The number of hydrogen-bond acceptors (Lipinski definition) is 4. The Labute approximate surface area is 201 Å². The van der Waals surface area contributed by atoms with Gasteiger partial charge in [-0.3, -0.25) is 9.59 Å². The molecule has 2 aromatic heterocycles. The maximum absolute atomic E-state index is 13.2. The number of aromatic nitrogens is 2. The van der Waals surface area contributed by atoms with Gasteiger partial charge in [-0.25, -0.2) is 9.37 Å². The molecule has 1 unspecified atom stereocenters. The number of hydrogen-bond donors (Lipinski definition) is 4. The smallest absolute Gasteiger partial charge is 0.255 e. The van der Waals surface area contributed by atoms with E-state index in [0.717, 1.165) is 22.6 Å². The second-order valence-corrected chi connectivity index (χ2v) is 8.42. The molecule has 1 atom stereocenters. The van der Waals surface area contributed by atoms with Gasteiger partial charge in [-0.15, -0.1) is 0 Å². The van der Waals surface area contributed by atoms with Gasteiger partial charge in [0.1, 0.15) is 11.6 Å². The normalized spacial score (nSPS) is 13.5. The zero-order valence-corrected chi connectivity index (χ0v) is 19.1. The number of nitrogens with zero attached hydrogens (tertiary/aromatic N) is 1. The molecule has 0 aliphatic carbocycles. The third kappa shape index (κ3) is 4.63. The van der Waals surface area contributed by atoms with Crippen molar-refractivity contribution >= 4 is 29.0 Å². The van der Waals surface area contributed by atoms with Gasteiger partial charge in [0.25, 0.3) is 5.91 Å². The molecule has 8 heteroatoms. The number of anilines is 3. The molecule has 176 valence electrons. The van der Waals surface area contributed by atoms with Crippen LogP contribution in [0.3, 0.4) is 0 Å². The Morgan fingerprint density at radius 2 is 1.86 bits per heavy atom. The molecule has 0 spiro atoms. The topological polar surface area (TPSA) is 98.9 Å². The number of fused-ring (bicyclic) bond motifs is 1. The predicted molar refractivity (Wildman–Crippen MR) is 133 cm³/mol. The van der Waals surface area contributed by atoms with Crippen molar-refractivity contribution in [3.63, 3.8) is 0 Å². The average Bonchev–Trinajstić information content (AvgIpc) is 3.24. The summed E-state index contributed by atoms with van der Waals surface area (Å²) in [4.78, 5) is 33.3. The van der Waals surface area contributed by atoms with E-state index in [9.17, 15) is 14.0 Å². The highest BCUT2D eigenvalue weighted by Gasteiger charge is 2.27. The summed E-state index contributed by atoms with van der Waals surface area (Å²) in [5, 5.41) is 9.14. The predicted octanol–water partition coefficient (Wildman–Crippen LogP) is 4.99. The fraction of sp³-hybridized carbons (Fsp3) is 0.148. The number of nitrogens with one attached hydrogen (secondary N) is 4. The number of benzene rings is 2. The monoisotopic (exact) mass is 469 g/mol. The molecule has 0 bridgehead atoms. The number of carbonyl (C=O) groups excluding carboxylic acids is 2. The van der Waals surface area contributed by atoms with Crippen molar-refractivity contribution in [1.29, 1.82) is 0 Å². The quantitative estimate of drug-likeness (QED) is 0.320. The molecule has 4 aromatic rings. The van der Waals surface area contributed by atoms with Crippen molar-refractivity contribution in [1.82, 2.24) is 15.3 Å². The Bertz CT molecular complexity index is 1380. The summed E-state index contributed by atoms with van der Waals surface area (Å²) in [6, 6.07) is 19.1. The van der Waals surface area contributed by atoms with Gasteiger partial charge in [-0.1, -0.05) is 30.3 Å². The standard InChI is InChI=1S/C27H24FN5O2/c1-16(17-7-9-19(28)10-8-17)26(34)33-22-15-18(11-13-29-22)24-25(31-20-5-3-2-4-6-20)23-21(32-24)12-14-30-27(23)35/h2-11,13,15-16,31-32H,12,14H2,1H3,(H,30,35)(H,29,33,34). The van der Waals surface area contributed by atoms with E-state index in [0.29, 0.717) is 35.6 Å². The van der Waals surface area contributed by atoms with Crippen LogP contribution in [0.5, 0.6) is 0 Å². The van der Waals surface area contributed by atoms with Gasteiger partial charge >= 0.3 is 0 Å². The van der Waals surface area contributed by atoms with E-state index in [-0.39, 0.29) is 17.6 Å². The van der Waals surface area contributed by atoms with Crippen molar-refractivity contribution in [2.75, 3.05) is 17.2 Å². The second-order valence-electron chi connectivity index (χ2n) is 8.42. The van der Waals surface area contributed by atoms with Gasteiger partial charge in [0, 0.05) is 36.1 Å². The number of pyridine rings is 1. The minimum atomic E-state index is -0.488. The molecule has 4 N–H and O–H groups in total. The van der Waals surface area contributed by atoms with Crippen LogP contribution in [0.15, 0.2) is 72.9 Å². The number of para-hydroxylation sites is 1. The molecular formula is C27H24FN5O2. The average molecular weight is 470 g/mol. The molecule has 5 rings (SSSR count). The fourth-order valence-electron chi connectivity index (χ4n) is 4.18. The van der Waals surface area contributed by atoms with E-state index in [2.05, 4.69) is 25.9 Å². The van der Waals surface area contributed by atoms with Gasteiger partial charge < -0.3 is 20.9 Å². The summed E-state index contributed by atoms with van der Waals surface area (Å²) in [5.41, 5.74) is 5.18. The highest BCUT2D eigenvalue weighted by atomic mass is 19.1. The van der Waals surface area contributed by atoms with E-state index >= 15 is 0 Å². The Hall–Kier alpha value is -4.46. The second kappa shape index (κ2) is 9.42. The van der Waals surface area contributed by atoms with Crippen LogP contribution in [0.1, 0.15) is 34.5 Å². The molecule has 1 aliphatic rings. The number of amides is 2. The van der Waals surface area contributed by atoms with E-state index in [4.69, 9.17) is 0 Å². The Morgan fingerprint density at radius 1 is 1.09 bits per heavy atom. The summed E-state index contributed by atoms with van der Waals surface area (Å²) in [7, 11) is 0. The van der Waals surface area contributed by atoms with Crippen LogP contribution in [0, 0.1) is 5.82 Å². The van der Waals surface area contributed by atoms with Crippen molar-refractivity contribution in [3.8, 4) is 11.3 Å². The van der Waals surface area contributed by atoms with Crippen molar-refractivity contribution < 1.29 is 14.0 Å². The molecule has 2 aromatic carbocycles. The number of halogens is 1. The van der Waals surface area contributed by atoms with Crippen LogP contribution in [-0.4, -0.2) is 28.3 Å². The first-order chi connectivity index (χ1) is 17.0. The van der Waals surface area contributed by atoms with E-state index < -0.39 is 5.92 Å². The van der Waals surface area contributed by atoms with Gasteiger partial charge in [0.05, 0.1) is 22.9 Å². The van der Waals surface area contributed by atoms with Gasteiger partial charge in [0.2, 0.25) is 5.91 Å². The molecule has 0 saturated carbocycles. The lowest BCUT2D eigenvalue weighted by Gasteiger charge is -2.15. The lowest BCUT2D eigenvalue weighted by atomic mass is 10.0. The van der Waals surface area contributed by atoms with Crippen molar-refractivity contribution in [3.05, 3.63) is 95.6 Å². The van der Waals surface area contributed by atoms with Gasteiger partial charge in [-0.2, -0.15) is 0 Å². The third-order valence-corrected chi connectivity index (χ3v) is 6.07. The summed E-state index contributed by atoms with van der Waals surface area (Å²) in [6.07, 6.45) is 2.30. The van der Waals surface area contributed by atoms with Crippen LogP contribution in [0.4, 0.5) is 21.6 Å². The first-order valence-corrected chi connectivity index (χ1v) is 11.4. The fourth-order valence-corrected chi connectivity index (χ4v) is 4.18. The van der Waals surface area contributed by atoms with Crippen LogP contribution in [0.2, 0.25) is 0 Å². The minimum Gasteiger partial charge on any atom is -0.356 e. The largest absolute Gasteiger partial charge is 0.356 e. The van der Waals surface area contributed by atoms with Crippen LogP contribution in [-0.2, 0) is 11.2 Å². The molecule has 2 amide bonds. The third-order valence-electron chi connectivity index (χ3n) is 6.07. The molecule has 1 aliphatic heterocycles. The summed E-state index contributed by atoms with van der Waals surface area (Å²) in [6.45, 7) is 2.32. The van der Waals surface area contributed by atoms with E-state index in [1.54, 1.807) is 31.3 Å². The number of rotatable bonds is 6. The van der Waals surface area contributed by atoms with Crippen LogP contribution in [0.25, 0.3) is 11.3 Å². The summed E-state index contributed by atoms with van der Waals surface area (Å²) < 4.78 is 13.2. The van der Waals surface area contributed by atoms with Gasteiger partial charge in [-0.05, 0) is 48.9 Å². The molecule has 0 fully saturated rings. The number of H-pyrrole nitrogens is 1. The van der Waals surface area contributed by atoms with E-state index in [1.165, 1.54) is 12.1 Å². The first-order valence-electron chi connectivity index (χ1n) is 11.4. The highest BCUT2D eigenvalue weighted by Crippen LogP contribution is 2.37. The summed E-state index contributed by atoms with van der Waals surface area (Å²) >= 11 is 0. The Kier molecular flexibility index (Phi) is 6.01. The zero-order valence-electron chi connectivity index (χ0n) is 19.1. The maximum atomic E-state index is 13.2. The molecule has 0 saturated heterocycles. The molecular weight excluding hydrogens is 445 g/mol. The minimum absolute atomic E-state index is 0.136. The Morgan fingerprint density at radius 3 is 2.63 bits per heavy atom. The van der Waals surface area contributed by atoms with Crippen LogP contribution < -0.4 is 16.0 Å². The maximum Gasteiger partial charge on any atom is 0.255 e. The van der Waals surface area contributed by atoms with Gasteiger partial charge in [0.15, 0.2) is 0 Å². The lowest BCUT2D eigenvalue weighted by Crippen LogP contribution is -2.31. The zero-order chi connectivity index (χ0) is 24.4. The Balaban J connectivity index is 1.46. The molecule has 0 radical (unpaired) electrons. The first kappa shape index (κ1) is 22.3. The number of carbonyl (C=O) groups is 2. The highest BCUT2D eigenvalue weighted by molar-refractivity contribution is 6.06. The molecule has 3 heterocycles. The van der Waals surface area contributed by atoms with Crippen LogP contribution >= 0.6 is 0 Å². The van der Waals surface area contributed by atoms with E-state index in [1.807, 2.05) is 36.4 Å². The SMILES string of the molecule is CC(C(=O)Nc1cc(-c2[nH]c3c(c2Nc2ccccc2)C(=O)NCC3)ccn1)c1ccc(F)cc1. The summed E-state index contributed by atoms with van der Waals surface area (Å²) in [5.74, 6) is -0.850. The lowest BCUT2D eigenvalue weighted by molar-refractivity contribution is -0.117.